The van der Waals surface area contributed by atoms with Gasteiger partial charge in [-0.2, -0.15) is 0 Å². The van der Waals surface area contributed by atoms with E-state index in [1.807, 2.05) is 0 Å². The second-order valence-electron chi connectivity index (χ2n) is 11.2. The zero-order valence-corrected chi connectivity index (χ0v) is 25.4. The second kappa shape index (κ2) is 29.5. The Hall–Kier alpha value is 0.250. The van der Waals surface area contributed by atoms with Crippen molar-refractivity contribution in [2.24, 2.45) is 0 Å². The number of rotatable bonds is 28. The van der Waals surface area contributed by atoms with Gasteiger partial charge in [-0.3, -0.25) is 0 Å². The standard InChI is InChI=1S/C32H68N.ClH/c1-5-9-11-13-15-17-19-21-23-25-27-29-31-33(7-3,8-4)32-30-28-26-24-22-20-18-16-14-12-10-6-2;/h5-32H2,1-4H3;1H/q+1;/p-1. The van der Waals surface area contributed by atoms with Gasteiger partial charge in [0.2, 0.25) is 0 Å². The molecule has 208 valence electrons. The third kappa shape index (κ3) is 24.0. The molecule has 1 nitrogen and oxygen atoms in total. The SMILES string of the molecule is CCCCCCCCCCCCCC[N+](CC)(CC)CCCCCCCCCCCCCC.[Cl-]. The van der Waals surface area contributed by atoms with Crippen LogP contribution in [0.15, 0.2) is 0 Å². The van der Waals surface area contributed by atoms with Crippen LogP contribution in [0.5, 0.6) is 0 Å². The third-order valence-corrected chi connectivity index (χ3v) is 8.31. The average Bonchev–Trinajstić information content (AvgIpc) is 2.84. The fourth-order valence-electron chi connectivity index (χ4n) is 5.54. The van der Waals surface area contributed by atoms with Gasteiger partial charge in [0.15, 0.2) is 0 Å². The molecule has 0 saturated heterocycles. The summed E-state index contributed by atoms with van der Waals surface area (Å²) in [6, 6.07) is 0. The molecule has 0 heterocycles. The summed E-state index contributed by atoms with van der Waals surface area (Å²) in [5, 5.41) is 0. The lowest BCUT2D eigenvalue weighted by atomic mass is 10.0. The Morgan fingerprint density at radius 3 is 0.706 bits per heavy atom. The summed E-state index contributed by atoms with van der Waals surface area (Å²) in [6.45, 7) is 15.0. The van der Waals surface area contributed by atoms with Crippen LogP contribution >= 0.6 is 0 Å². The number of quaternary nitrogens is 1. The van der Waals surface area contributed by atoms with E-state index in [0.29, 0.717) is 0 Å². The fraction of sp³-hybridized carbons (Fsp3) is 1.00. The lowest BCUT2D eigenvalue weighted by molar-refractivity contribution is -0.925. The predicted octanol–water partition coefficient (Wildman–Crippen LogP) is 8.25. The summed E-state index contributed by atoms with van der Waals surface area (Å²) in [5.41, 5.74) is 0. The van der Waals surface area contributed by atoms with E-state index in [1.54, 1.807) is 0 Å². The summed E-state index contributed by atoms with van der Waals surface area (Å²) >= 11 is 0. The maximum atomic E-state index is 2.44. The molecule has 0 spiro atoms. The number of unbranched alkanes of at least 4 members (excludes halogenated alkanes) is 22. The largest absolute Gasteiger partial charge is 1.00 e. The van der Waals surface area contributed by atoms with Gasteiger partial charge in [0, 0.05) is 0 Å². The maximum Gasteiger partial charge on any atom is 0.0786 e. The summed E-state index contributed by atoms with van der Waals surface area (Å²) in [6.07, 6.45) is 35.1. The zero-order chi connectivity index (χ0) is 24.3. The number of hydrogen-bond acceptors (Lipinski definition) is 0. The van der Waals surface area contributed by atoms with Gasteiger partial charge >= 0.3 is 0 Å². The molecule has 0 aromatic rings. The van der Waals surface area contributed by atoms with E-state index >= 15 is 0 Å². The molecule has 0 aliphatic heterocycles. The van der Waals surface area contributed by atoms with Crippen LogP contribution in [0, 0.1) is 0 Å². The second-order valence-corrected chi connectivity index (χ2v) is 11.2. The minimum Gasteiger partial charge on any atom is -1.00 e. The van der Waals surface area contributed by atoms with E-state index in [-0.39, 0.29) is 12.4 Å². The molecule has 0 fully saturated rings. The first-order valence-electron chi connectivity index (χ1n) is 16.1. The van der Waals surface area contributed by atoms with Crippen LogP contribution in [0.1, 0.15) is 182 Å². The molecule has 0 aromatic carbocycles. The first kappa shape index (κ1) is 36.4. The smallest absolute Gasteiger partial charge is 0.0786 e. The first-order chi connectivity index (χ1) is 16.2. The van der Waals surface area contributed by atoms with Gasteiger partial charge in [-0.1, -0.05) is 142 Å². The molecule has 0 N–H and O–H groups in total. The van der Waals surface area contributed by atoms with E-state index in [4.69, 9.17) is 0 Å². The van der Waals surface area contributed by atoms with Gasteiger partial charge in [-0.05, 0) is 39.5 Å². The van der Waals surface area contributed by atoms with E-state index in [9.17, 15) is 0 Å². The van der Waals surface area contributed by atoms with Crippen molar-refractivity contribution in [1.29, 1.82) is 0 Å². The molecular formula is C32H68ClN. The zero-order valence-electron chi connectivity index (χ0n) is 24.6. The minimum absolute atomic E-state index is 0. The average molecular weight is 502 g/mol. The molecule has 0 rings (SSSR count). The molecule has 0 radical (unpaired) electrons. The highest BCUT2D eigenvalue weighted by molar-refractivity contribution is 4.52. The van der Waals surface area contributed by atoms with Gasteiger partial charge in [0.05, 0.1) is 26.2 Å². The minimum atomic E-state index is 0. The van der Waals surface area contributed by atoms with Gasteiger partial charge in [0.25, 0.3) is 0 Å². The molecule has 0 unspecified atom stereocenters. The van der Waals surface area contributed by atoms with Crippen LogP contribution in [0.4, 0.5) is 0 Å². The van der Waals surface area contributed by atoms with Gasteiger partial charge in [-0.25, -0.2) is 0 Å². The molecule has 0 aliphatic carbocycles. The van der Waals surface area contributed by atoms with Crippen molar-refractivity contribution >= 4 is 0 Å². The fourth-order valence-corrected chi connectivity index (χ4v) is 5.54. The topological polar surface area (TPSA) is 0 Å². The summed E-state index contributed by atoms with van der Waals surface area (Å²) in [5.74, 6) is 0. The Bertz CT molecular complexity index is 323. The van der Waals surface area contributed by atoms with Crippen LogP contribution in [0.25, 0.3) is 0 Å². The highest BCUT2D eigenvalue weighted by Crippen LogP contribution is 2.17. The maximum absolute atomic E-state index is 2.44. The van der Waals surface area contributed by atoms with Gasteiger partial charge in [-0.15, -0.1) is 0 Å². The van der Waals surface area contributed by atoms with Crippen LogP contribution in [-0.4, -0.2) is 30.7 Å². The lowest BCUT2D eigenvalue weighted by Crippen LogP contribution is -3.00. The van der Waals surface area contributed by atoms with Gasteiger partial charge in [0.1, 0.15) is 0 Å². The van der Waals surface area contributed by atoms with Crippen molar-refractivity contribution < 1.29 is 16.9 Å². The molecule has 34 heavy (non-hydrogen) atoms. The molecule has 0 atom stereocenters. The lowest BCUT2D eigenvalue weighted by Gasteiger charge is -2.37. The molecule has 0 bridgehead atoms. The summed E-state index contributed by atoms with van der Waals surface area (Å²) in [4.78, 5) is 0. The van der Waals surface area contributed by atoms with Crippen LogP contribution in [-0.2, 0) is 0 Å². The number of hydrogen-bond donors (Lipinski definition) is 0. The van der Waals surface area contributed by atoms with E-state index in [2.05, 4.69) is 27.7 Å². The predicted molar refractivity (Wildman–Crippen MR) is 153 cm³/mol. The first-order valence-corrected chi connectivity index (χ1v) is 16.1. The Balaban J connectivity index is 0. The van der Waals surface area contributed by atoms with Crippen LogP contribution in [0.3, 0.4) is 0 Å². The van der Waals surface area contributed by atoms with E-state index in [1.165, 1.54) is 185 Å². The molecule has 2 heteroatoms. The van der Waals surface area contributed by atoms with Crippen molar-refractivity contribution in [2.75, 3.05) is 26.2 Å². The highest BCUT2D eigenvalue weighted by atomic mass is 35.5. The Morgan fingerprint density at radius 1 is 0.294 bits per heavy atom. The van der Waals surface area contributed by atoms with Crippen molar-refractivity contribution in [1.82, 2.24) is 0 Å². The third-order valence-electron chi connectivity index (χ3n) is 8.31. The quantitative estimate of drug-likeness (QED) is 0.0747. The van der Waals surface area contributed by atoms with Crippen LogP contribution in [0.2, 0.25) is 0 Å². The van der Waals surface area contributed by atoms with Crippen molar-refractivity contribution in [3.63, 3.8) is 0 Å². The molecular weight excluding hydrogens is 434 g/mol. The number of nitrogens with zero attached hydrogens (tertiary/aromatic N) is 1. The molecule has 0 saturated carbocycles. The normalized spacial score (nSPS) is 11.6. The Kier molecular flexibility index (Phi) is 31.6. The van der Waals surface area contributed by atoms with Gasteiger partial charge < -0.3 is 16.9 Å². The number of halogens is 1. The van der Waals surface area contributed by atoms with Crippen molar-refractivity contribution in [2.45, 2.75) is 182 Å². The van der Waals surface area contributed by atoms with E-state index in [0.717, 1.165) is 0 Å². The van der Waals surface area contributed by atoms with E-state index < -0.39 is 0 Å². The van der Waals surface area contributed by atoms with Crippen molar-refractivity contribution in [3.05, 3.63) is 0 Å². The summed E-state index contributed by atoms with van der Waals surface area (Å²) < 4.78 is 1.38. The molecule has 0 aliphatic rings. The highest BCUT2D eigenvalue weighted by Gasteiger charge is 2.21. The molecule has 0 aromatic heterocycles. The Morgan fingerprint density at radius 2 is 0.500 bits per heavy atom. The monoisotopic (exact) mass is 502 g/mol. The van der Waals surface area contributed by atoms with Crippen molar-refractivity contribution in [3.8, 4) is 0 Å². The summed E-state index contributed by atoms with van der Waals surface area (Å²) in [7, 11) is 0. The molecule has 0 amide bonds. The van der Waals surface area contributed by atoms with Crippen LogP contribution < -0.4 is 12.4 Å². The Labute approximate surface area is 224 Å².